The number of anilines is 1. The lowest BCUT2D eigenvalue weighted by Crippen LogP contribution is -1.97. The molecule has 0 unspecified atom stereocenters. The zero-order valence-corrected chi connectivity index (χ0v) is 14.4. The number of methoxy groups -OCH3 is 1. The summed E-state index contributed by atoms with van der Waals surface area (Å²) in [6.45, 7) is 0.760. The summed E-state index contributed by atoms with van der Waals surface area (Å²) < 4.78 is 6.90. The fourth-order valence-corrected chi connectivity index (χ4v) is 3.75. The van der Waals surface area contributed by atoms with Crippen molar-refractivity contribution in [2.75, 3.05) is 12.4 Å². The zero-order valence-electron chi connectivity index (χ0n) is 12.8. The molecule has 0 spiro atoms. The van der Waals surface area contributed by atoms with Crippen LogP contribution in [-0.2, 0) is 6.54 Å². The molecule has 8 heteroatoms. The average Bonchev–Trinajstić information content (AvgIpc) is 3.29. The molecule has 24 heavy (non-hydrogen) atoms. The first-order valence-electron chi connectivity index (χ1n) is 7.23. The highest BCUT2D eigenvalue weighted by atomic mass is 32.1. The van der Waals surface area contributed by atoms with Crippen molar-refractivity contribution in [2.45, 2.75) is 6.54 Å². The van der Waals surface area contributed by atoms with Crippen molar-refractivity contribution >= 4 is 32.8 Å². The lowest BCUT2D eigenvalue weighted by Gasteiger charge is -2.04. The van der Waals surface area contributed by atoms with Crippen LogP contribution in [0.4, 0.5) is 5.13 Å². The first-order valence-corrected chi connectivity index (χ1v) is 8.92. The summed E-state index contributed by atoms with van der Waals surface area (Å²) in [6, 6.07) is 9.29. The lowest BCUT2D eigenvalue weighted by atomic mass is 10.1. The number of fused-ring (bicyclic) bond motifs is 1. The van der Waals surface area contributed by atoms with E-state index in [2.05, 4.69) is 26.8 Å². The van der Waals surface area contributed by atoms with Gasteiger partial charge >= 0.3 is 0 Å². The number of benzene rings is 1. The molecule has 0 fully saturated rings. The van der Waals surface area contributed by atoms with Gasteiger partial charge in [0.15, 0.2) is 11.5 Å². The first kappa shape index (κ1) is 15.0. The standard InChI is InChI=1S/C16H14N4O2S2/c1-22-14-7-10(4-5-13(14)21)12-9-20-16(18-12)24-15(19-20)17-8-11-3-2-6-23-11/h2-7,9,21H,8H2,1H3,(H,17,19). The average molecular weight is 358 g/mol. The maximum Gasteiger partial charge on any atom is 0.214 e. The van der Waals surface area contributed by atoms with E-state index < -0.39 is 0 Å². The van der Waals surface area contributed by atoms with Crippen molar-refractivity contribution in [1.29, 1.82) is 0 Å². The van der Waals surface area contributed by atoms with Crippen molar-refractivity contribution in [3.63, 3.8) is 0 Å². The van der Waals surface area contributed by atoms with Crippen LogP contribution in [0, 0.1) is 0 Å². The summed E-state index contributed by atoms with van der Waals surface area (Å²) in [5, 5.41) is 20.4. The maximum absolute atomic E-state index is 9.69. The molecule has 122 valence electrons. The van der Waals surface area contributed by atoms with Gasteiger partial charge in [0, 0.05) is 10.4 Å². The van der Waals surface area contributed by atoms with Gasteiger partial charge in [0.1, 0.15) is 0 Å². The van der Waals surface area contributed by atoms with E-state index in [0.717, 1.165) is 27.9 Å². The van der Waals surface area contributed by atoms with Crippen LogP contribution < -0.4 is 10.1 Å². The second-order valence-electron chi connectivity index (χ2n) is 5.08. The van der Waals surface area contributed by atoms with E-state index in [0.29, 0.717) is 5.75 Å². The Labute approximate surface area is 146 Å². The Morgan fingerprint density at radius 1 is 1.33 bits per heavy atom. The molecule has 0 bridgehead atoms. The fraction of sp³-hybridized carbons (Fsp3) is 0.125. The molecule has 3 heterocycles. The van der Waals surface area contributed by atoms with Gasteiger partial charge in [-0.1, -0.05) is 17.4 Å². The van der Waals surface area contributed by atoms with Crippen LogP contribution in [0.15, 0.2) is 41.9 Å². The highest BCUT2D eigenvalue weighted by Crippen LogP contribution is 2.32. The third-order valence-electron chi connectivity index (χ3n) is 3.51. The smallest absolute Gasteiger partial charge is 0.214 e. The highest BCUT2D eigenvalue weighted by molar-refractivity contribution is 7.20. The Hall–Kier alpha value is -2.58. The molecule has 0 radical (unpaired) electrons. The largest absolute Gasteiger partial charge is 0.504 e. The number of aromatic hydroxyl groups is 1. The topological polar surface area (TPSA) is 71.7 Å². The van der Waals surface area contributed by atoms with Crippen molar-refractivity contribution in [1.82, 2.24) is 14.6 Å². The summed E-state index contributed by atoms with van der Waals surface area (Å²) in [5.74, 6) is 0.538. The van der Waals surface area contributed by atoms with Crippen LogP contribution in [0.25, 0.3) is 16.2 Å². The number of phenolic OH excluding ortho intramolecular Hbond substituents is 1. The second kappa shape index (κ2) is 6.14. The molecule has 0 aliphatic rings. The molecule has 1 aromatic carbocycles. The molecule has 0 aliphatic heterocycles. The Morgan fingerprint density at radius 3 is 3.00 bits per heavy atom. The van der Waals surface area contributed by atoms with Crippen molar-refractivity contribution < 1.29 is 9.84 Å². The normalized spacial score (nSPS) is 11.0. The number of phenols is 1. The molecular formula is C16H14N4O2S2. The number of hydrogen-bond acceptors (Lipinski definition) is 7. The minimum Gasteiger partial charge on any atom is -0.504 e. The van der Waals surface area contributed by atoms with Crippen molar-refractivity contribution in [3.05, 3.63) is 46.8 Å². The number of imidazole rings is 1. The van der Waals surface area contributed by atoms with Crippen LogP contribution >= 0.6 is 22.7 Å². The van der Waals surface area contributed by atoms with Gasteiger partial charge in [0.2, 0.25) is 10.1 Å². The van der Waals surface area contributed by atoms with E-state index in [-0.39, 0.29) is 5.75 Å². The zero-order chi connectivity index (χ0) is 16.5. The molecule has 0 saturated carbocycles. The SMILES string of the molecule is COc1cc(-c2cn3nc(NCc4cccs4)sc3n2)ccc1O. The minimum atomic E-state index is 0.112. The van der Waals surface area contributed by atoms with E-state index in [4.69, 9.17) is 4.74 Å². The molecule has 6 nitrogen and oxygen atoms in total. The monoisotopic (exact) mass is 358 g/mol. The third kappa shape index (κ3) is 2.81. The van der Waals surface area contributed by atoms with Crippen LogP contribution in [0.5, 0.6) is 11.5 Å². The summed E-state index contributed by atoms with van der Waals surface area (Å²) in [7, 11) is 1.53. The summed E-state index contributed by atoms with van der Waals surface area (Å²) in [4.78, 5) is 6.67. The predicted molar refractivity (Wildman–Crippen MR) is 96.2 cm³/mol. The molecule has 2 N–H and O–H groups in total. The molecule has 4 rings (SSSR count). The number of ether oxygens (including phenoxy) is 1. The van der Waals surface area contributed by atoms with Crippen LogP contribution in [0.1, 0.15) is 4.88 Å². The number of nitrogens with one attached hydrogen (secondary N) is 1. The Balaban J connectivity index is 1.57. The van der Waals surface area contributed by atoms with Crippen LogP contribution in [0.2, 0.25) is 0 Å². The molecule has 3 aromatic heterocycles. The molecule has 0 atom stereocenters. The number of thiophene rings is 1. The highest BCUT2D eigenvalue weighted by Gasteiger charge is 2.11. The summed E-state index contributed by atoms with van der Waals surface area (Å²) >= 11 is 3.22. The van der Waals surface area contributed by atoms with Crippen molar-refractivity contribution in [2.24, 2.45) is 0 Å². The molecule has 4 aromatic rings. The van der Waals surface area contributed by atoms with Gasteiger partial charge in [-0.2, -0.15) is 0 Å². The number of aromatic nitrogens is 3. The van der Waals surface area contributed by atoms with Gasteiger partial charge in [0.25, 0.3) is 0 Å². The third-order valence-corrected chi connectivity index (χ3v) is 5.27. The minimum absolute atomic E-state index is 0.112. The first-order chi connectivity index (χ1) is 11.7. The van der Waals surface area contributed by atoms with Gasteiger partial charge in [-0.05, 0) is 29.6 Å². The van der Waals surface area contributed by atoms with E-state index in [9.17, 15) is 5.11 Å². The van der Waals surface area contributed by atoms with Gasteiger partial charge in [0.05, 0.1) is 25.5 Å². The maximum atomic E-state index is 9.69. The molecule has 0 amide bonds. The molecule has 0 saturated heterocycles. The second-order valence-corrected chi connectivity index (χ2v) is 7.07. The number of hydrogen-bond donors (Lipinski definition) is 2. The van der Waals surface area contributed by atoms with E-state index in [1.807, 2.05) is 12.3 Å². The Kier molecular flexibility index (Phi) is 3.83. The van der Waals surface area contributed by atoms with Crippen LogP contribution in [0.3, 0.4) is 0 Å². The van der Waals surface area contributed by atoms with Crippen molar-refractivity contribution in [3.8, 4) is 22.8 Å². The molecule has 0 aliphatic carbocycles. The van der Waals surface area contributed by atoms with Gasteiger partial charge in [-0.25, -0.2) is 9.50 Å². The Morgan fingerprint density at radius 2 is 2.25 bits per heavy atom. The summed E-state index contributed by atoms with van der Waals surface area (Å²) in [5.41, 5.74) is 1.66. The predicted octanol–water partition coefficient (Wildman–Crippen LogP) is 3.85. The van der Waals surface area contributed by atoms with Gasteiger partial charge < -0.3 is 15.2 Å². The number of nitrogens with zero attached hydrogens (tertiary/aromatic N) is 3. The Bertz CT molecular complexity index is 944. The number of rotatable bonds is 5. The summed E-state index contributed by atoms with van der Waals surface area (Å²) in [6.07, 6.45) is 1.87. The quantitative estimate of drug-likeness (QED) is 0.567. The van der Waals surface area contributed by atoms with E-state index in [1.54, 1.807) is 34.1 Å². The fourth-order valence-electron chi connectivity index (χ4n) is 2.32. The van der Waals surface area contributed by atoms with E-state index in [1.165, 1.54) is 23.3 Å². The van der Waals surface area contributed by atoms with Gasteiger partial charge in [-0.3, -0.25) is 0 Å². The van der Waals surface area contributed by atoms with E-state index >= 15 is 0 Å². The van der Waals surface area contributed by atoms with Crippen LogP contribution in [-0.4, -0.2) is 26.8 Å². The van der Waals surface area contributed by atoms with Gasteiger partial charge in [-0.15, -0.1) is 16.4 Å². The lowest BCUT2D eigenvalue weighted by molar-refractivity contribution is 0.373. The molecular weight excluding hydrogens is 344 g/mol.